The fourth-order valence-corrected chi connectivity index (χ4v) is 3.43. The predicted molar refractivity (Wildman–Crippen MR) is 115 cm³/mol. The van der Waals surface area contributed by atoms with Crippen LogP contribution in [0.3, 0.4) is 0 Å². The fraction of sp³-hybridized carbons (Fsp3) is 0.227. The van der Waals surface area contributed by atoms with Crippen LogP contribution in [0.5, 0.6) is 0 Å². The zero-order valence-electron chi connectivity index (χ0n) is 16.8. The smallest absolute Gasteiger partial charge is 0.303 e. The molecule has 1 atom stereocenters. The van der Waals surface area contributed by atoms with Crippen molar-refractivity contribution in [2.45, 2.75) is 19.3 Å². The average Bonchev–Trinajstić information content (AvgIpc) is 2.83. The standard InChI is InChI=1S/C22H22N4O5/c1-26-17-8-4-14(22(31)25-15-6-2-12(3-7-15)21(23)24)10-16(17)20(30)13(11-18(26)27)5-9-19(28)29/h2-4,6-8,10,13H,5,9,11H2,1H3,(H3,23,24)(H,25,31)(H,28,29). The summed E-state index contributed by atoms with van der Waals surface area (Å²) in [5.41, 5.74) is 7.25. The highest BCUT2D eigenvalue weighted by Crippen LogP contribution is 2.31. The minimum Gasteiger partial charge on any atom is -0.481 e. The number of carbonyl (C=O) groups excluding carboxylic acids is 3. The molecule has 0 spiro atoms. The zero-order valence-corrected chi connectivity index (χ0v) is 16.8. The van der Waals surface area contributed by atoms with E-state index in [-0.39, 0.29) is 47.9 Å². The van der Waals surface area contributed by atoms with Gasteiger partial charge in [-0.2, -0.15) is 0 Å². The van der Waals surface area contributed by atoms with Gasteiger partial charge in [0.1, 0.15) is 5.84 Å². The van der Waals surface area contributed by atoms with Crippen LogP contribution in [0.1, 0.15) is 45.5 Å². The Morgan fingerprint density at radius 2 is 1.81 bits per heavy atom. The summed E-state index contributed by atoms with van der Waals surface area (Å²) >= 11 is 0. The van der Waals surface area contributed by atoms with Gasteiger partial charge in [0.2, 0.25) is 5.91 Å². The summed E-state index contributed by atoms with van der Waals surface area (Å²) in [5.74, 6) is -2.98. The van der Waals surface area contributed by atoms with Gasteiger partial charge in [-0.15, -0.1) is 0 Å². The van der Waals surface area contributed by atoms with Crippen LogP contribution in [-0.4, -0.2) is 41.6 Å². The molecule has 0 radical (unpaired) electrons. The number of Topliss-reactive ketones (excluding diaryl/α,β-unsaturated/α-hetero) is 1. The number of hydrogen-bond donors (Lipinski definition) is 4. The Hall–Kier alpha value is -4.01. The Kier molecular flexibility index (Phi) is 6.15. The van der Waals surface area contributed by atoms with E-state index >= 15 is 0 Å². The number of carbonyl (C=O) groups is 4. The minimum atomic E-state index is -1.04. The molecule has 9 heteroatoms. The van der Waals surface area contributed by atoms with E-state index in [9.17, 15) is 19.2 Å². The van der Waals surface area contributed by atoms with Gasteiger partial charge in [-0.1, -0.05) is 0 Å². The third-order valence-corrected chi connectivity index (χ3v) is 5.21. The van der Waals surface area contributed by atoms with Gasteiger partial charge in [0.25, 0.3) is 5.91 Å². The number of ketones is 1. The van der Waals surface area contributed by atoms with Crippen molar-refractivity contribution in [3.05, 3.63) is 59.2 Å². The fourth-order valence-electron chi connectivity index (χ4n) is 3.43. The third kappa shape index (κ3) is 4.77. The van der Waals surface area contributed by atoms with Gasteiger partial charge in [0.05, 0.1) is 5.69 Å². The van der Waals surface area contributed by atoms with Gasteiger partial charge in [-0.25, -0.2) is 0 Å². The highest BCUT2D eigenvalue weighted by molar-refractivity contribution is 6.13. The third-order valence-electron chi connectivity index (χ3n) is 5.21. The van der Waals surface area contributed by atoms with Gasteiger partial charge in [0, 0.05) is 48.2 Å². The zero-order chi connectivity index (χ0) is 22.7. The van der Waals surface area contributed by atoms with E-state index in [0.717, 1.165) is 0 Å². The average molecular weight is 422 g/mol. The first kappa shape index (κ1) is 21.7. The number of nitrogen functional groups attached to an aromatic ring is 1. The molecular weight excluding hydrogens is 400 g/mol. The molecule has 0 aromatic heterocycles. The number of rotatable bonds is 6. The number of carboxylic acid groups (broad SMARTS) is 1. The largest absolute Gasteiger partial charge is 0.481 e. The molecule has 0 aliphatic carbocycles. The molecule has 1 heterocycles. The Balaban J connectivity index is 1.87. The van der Waals surface area contributed by atoms with Gasteiger partial charge in [0.15, 0.2) is 5.78 Å². The van der Waals surface area contributed by atoms with E-state index in [0.29, 0.717) is 16.9 Å². The van der Waals surface area contributed by atoms with Crippen molar-refractivity contribution in [2.24, 2.45) is 11.7 Å². The van der Waals surface area contributed by atoms with E-state index in [2.05, 4.69) is 5.32 Å². The molecule has 160 valence electrons. The molecule has 0 fully saturated rings. The van der Waals surface area contributed by atoms with Crippen LogP contribution in [-0.2, 0) is 9.59 Å². The van der Waals surface area contributed by atoms with Crippen molar-refractivity contribution in [1.82, 2.24) is 0 Å². The van der Waals surface area contributed by atoms with Gasteiger partial charge in [-0.05, 0) is 48.9 Å². The summed E-state index contributed by atoms with van der Waals surface area (Å²) in [6, 6.07) is 10.9. The molecule has 31 heavy (non-hydrogen) atoms. The highest BCUT2D eigenvalue weighted by atomic mass is 16.4. The monoisotopic (exact) mass is 422 g/mol. The molecule has 1 aliphatic heterocycles. The van der Waals surface area contributed by atoms with Crippen molar-refractivity contribution in [3.8, 4) is 0 Å². The second-order valence-corrected chi connectivity index (χ2v) is 7.33. The maximum absolute atomic E-state index is 13.0. The first-order valence-corrected chi connectivity index (χ1v) is 9.59. The van der Waals surface area contributed by atoms with Crippen LogP contribution in [0.25, 0.3) is 0 Å². The van der Waals surface area contributed by atoms with Gasteiger partial charge >= 0.3 is 5.97 Å². The van der Waals surface area contributed by atoms with E-state index in [1.807, 2.05) is 0 Å². The molecule has 3 rings (SSSR count). The van der Waals surface area contributed by atoms with Crippen LogP contribution in [0, 0.1) is 11.3 Å². The minimum absolute atomic E-state index is 0.0477. The summed E-state index contributed by atoms with van der Waals surface area (Å²) in [6.45, 7) is 0. The summed E-state index contributed by atoms with van der Waals surface area (Å²) in [4.78, 5) is 50.5. The van der Waals surface area contributed by atoms with Crippen LogP contribution >= 0.6 is 0 Å². The maximum Gasteiger partial charge on any atom is 0.303 e. The topological polar surface area (TPSA) is 154 Å². The number of nitrogens with one attached hydrogen (secondary N) is 2. The summed E-state index contributed by atoms with van der Waals surface area (Å²) in [6.07, 6.45) is -0.257. The van der Waals surface area contributed by atoms with Crippen molar-refractivity contribution in [3.63, 3.8) is 0 Å². The quantitative estimate of drug-likeness (QED) is 0.414. The first-order valence-electron chi connectivity index (χ1n) is 9.59. The number of amidine groups is 1. The lowest BCUT2D eigenvalue weighted by Gasteiger charge is -2.17. The molecule has 9 nitrogen and oxygen atoms in total. The summed E-state index contributed by atoms with van der Waals surface area (Å²) in [5, 5.41) is 19.1. The molecule has 2 aromatic carbocycles. The number of amides is 2. The van der Waals surface area contributed by atoms with Gasteiger partial charge < -0.3 is 21.1 Å². The van der Waals surface area contributed by atoms with E-state index in [1.165, 1.54) is 17.0 Å². The van der Waals surface area contributed by atoms with E-state index in [1.54, 1.807) is 37.4 Å². The lowest BCUT2D eigenvalue weighted by molar-refractivity contribution is -0.137. The van der Waals surface area contributed by atoms with Crippen molar-refractivity contribution in [2.75, 3.05) is 17.3 Å². The number of nitrogens with two attached hydrogens (primary N) is 1. The molecule has 0 saturated heterocycles. The van der Waals surface area contributed by atoms with Gasteiger partial charge in [-0.3, -0.25) is 24.6 Å². The number of nitrogens with zero attached hydrogens (tertiary/aromatic N) is 1. The summed E-state index contributed by atoms with van der Waals surface area (Å²) < 4.78 is 0. The normalized spacial score (nSPS) is 15.8. The number of anilines is 2. The lowest BCUT2D eigenvalue weighted by atomic mass is 9.90. The SMILES string of the molecule is CN1C(=O)CC(CCC(=O)O)C(=O)c2cc(C(=O)Nc3ccc(C(=N)N)cc3)ccc21. The van der Waals surface area contributed by atoms with Crippen LogP contribution in [0.2, 0.25) is 0 Å². The van der Waals surface area contributed by atoms with E-state index in [4.69, 9.17) is 16.2 Å². The first-order chi connectivity index (χ1) is 14.7. The molecule has 5 N–H and O–H groups in total. The molecule has 2 aromatic rings. The highest BCUT2D eigenvalue weighted by Gasteiger charge is 2.33. The summed E-state index contributed by atoms with van der Waals surface area (Å²) in [7, 11) is 1.55. The van der Waals surface area contributed by atoms with Crippen LogP contribution in [0.15, 0.2) is 42.5 Å². The number of carboxylic acids is 1. The Bertz CT molecular complexity index is 1080. The van der Waals surface area contributed by atoms with Crippen molar-refractivity contribution >= 4 is 40.8 Å². The van der Waals surface area contributed by atoms with Crippen molar-refractivity contribution in [1.29, 1.82) is 5.41 Å². The molecule has 0 saturated carbocycles. The predicted octanol–water partition coefficient (Wildman–Crippen LogP) is 2.25. The van der Waals surface area contributed by atoms with E-state index < -0.39 is 17.8 Å². The molecule has 1 aliphatic rings. The molecule has 1 unspecified atom stereocenters. The second-order valence-electron chi connectivity index (χ2n) is 7.33. The molecule has 2 amide bonds. The molecular formula is C22H22N4O5. The van der Waals surface area contributed by atoms with Crippen molar-refractivity contribution < 1.29 is 24.3 Å². The Morgan fingerprint density at radius 3 is 2.42 bits per heavy atom. The second kappa shape index (κ2) is 8.78. The Morgan fingerprint density at radius 1 is 1.16 bits per heavy atom. The number of aliphatic carboxylic acids is 1. The number of benzene rings is 2. The number of fused-ring (bicyclic) bond motifs is 1. The van der Waals surface area contributed by atoms with Crippen LogP contribution in [0.4, 0.5) is 11.4 Å². The number of hydrogen-bond acceptors (Lipinski definition) is 5. The molecule has 0 bridgehead atoms. The lowest BCUT2D eigenvalue weighted by Crippen LogP contribution is -2.26. The van der Waals surface area contributed by atoms with Crippen LogP contribution < -0.4 is 16.0 Å². The Labute approximate surface area is 178 Å². The maximum atomic E-state index is 13.0.